The molecule has 1 aromatic carbocycles. The molecule has 0 radical (unpaired) electrons. The highest BCUT2D eigenvalue weighted by Gasteiger charge is 2.37. The Morgan fingerprint density at radius 3 is 2.83 bits per heavy atom. The zero-order valence-corrected chi connectivity index (χ0v) is 9.70. The Hall–Kier alpha value is -2.08. The number of hydrogen-bond donors (Lipinski definition) is 2. The van der Waals surface area contributed by atoms with Gasteiger partial charge in [0.05, 0.1) is 18.7 Å². The van der Waals surface area contributed by atoms with Crippen LogP contribution in [0.4, 0.5) is 5.69 Å². The van der Waals surface area contributed by atoms with Crippen molar-refractivity contribution in [3.63, 3.8) is 0 Å². The van der Waals surface area contributed by atoms with E-state index in [9.17, 15) is 9.59 Å². The summed E-state index contributed by atoms with van der Waals surface area (Å²) < 4.78 is 4.85. The first kappa shape index (κ1) is 12.4. The second-order valence-corrected chi connectivity index (χ2v) is 3.85. The molecule has 1 fully saturated rings. The standard InChI is InChI=1S/C12H14N2O4/c15-6-7-18-12(17)10-8-11(16)13-14(10)9-4-2-1-3-5-9/h1-5,10,15H,6-8H2,(H,13,16). The summed E-state index contributed by atoms with van der Waals surface area (Å²) in [5, 5.41) is 10.1. The van der Waals surface area contributed by atoms with Crippen molar-refractivity contribution >= 4 is 17.6 Å². The van der Waals surface area contributed by atoms with Gasteiger partial charge in [0, 0.05) is 0 Å². The molecular weight excluding hydrogens is 236 g/mol. The summed E-state index contributed by atoms with van der Waals surface area (Å²) in [6, 6.07) is 8.37. The Morgan fingerprint density at radius 2 is 2.17 bits per heavy atom. The number of aliphatic hydroxyl groups is 1. The summed E-state index contributed by atoms with van der Waals surface area (Å²) in [6.07, 6.45) is 0.0547. The van der Waals surface area contributed by atoms with Gasteiger partial charge in [0.25, 0.3) is 0 Å². The lowest BCUT2D eigenvalue weighted by Gasteiger charge is -2.23. The summed E-state index contributed by atoms with van der Waals surface area (Å²) in [7, 11) is 0. The zero-order chi connectivity index (χ0) is 13.0. The lowest BCUT2D eigenvalue weighted by atomic mass is 10.2. The van der Waals surface area contributed by atoms with E-state index < -0.39 is 12.0 Å². The maximum Gasteiger partial charge on any atom is 0.331 e. The summed E-state index contributed by atoms with van der Waals surface area (Å²) in [6.45, 7) is -0.294. The number of nitrogens with one attached hydrogen (secondary N) is 1. The third-order valence-corrected chi connectivity index (χ3v) is 2.58. The third-order valence-electron chi connectivity index (χ3n) is 2.58. The topological polar surface area (TPSA) is 78.9 Å². The van der Waals surface area contributed by atoms with Crippen molar-refractivity contribution < 1.29 is 19.4 Å². The number of esters is 1. The van der Waals surface area contributed by atoms with E-state index in [1.54, 1.807) is 12.1 Å². The van der Waals surface area contributed by atoms with Crippen LogP contribution in [0, 0.1) is 0 Å². The van der Waals surface area contributed by atoms with Crippen LogP contribution in [0.1, 0.15) is 6.42 Å². The number of hydrazine groups is 1. The second kappa shape index (κ2) is 5.50. The Bertz CT molecular complexity index is 435. The van der Waals surface area contributed by atoms with Crippen LogP contribution in [0.15, 0.2) is 30.3 Å². The van der Waals surface area contributed by atoms with Gasteiger partial charge in [-0.2, -0.15) is 0 Å². The molecule has 1 aliphatic heterocycles. The van der Waals surface area contributed by atoms with Gasteiger partial charge in [-0.25, -0.2) is 4.79 Å². The van der Waals surface area contributed by atoms with Gasteiger partial charge in [-0.05, 0) is 12.1 Å². The highest BCUT2D eigenvalue weighted by atomic mass is 16.5. The normalized spacial score (nSPS) is 18.6. The van der Waals surface area contributed by atoms with E-state index in [1.165, 1.54) is 5.01 Å². The Balaban J connectivity index is 2.13. The molecule has 2 N–H and O–H groups in total. The zero-order valence-electron chi connectivity index (χ0n) is 9.70. The number of ether oxygens (including phenoxy) is 1. The lowest BCUT2D eigenvalue weighted by molar-refractivity contribution is -0.146. The molecule has 1 atom stereocenters. The molecule has 0 aromatic heterocycles. The van der Waals surface area contributed by atoms with Gasteiger partial charge >= 0.3 is 5.97 Å². The minimum atomic E-state index is -0.688. The smallest absolute Gasteiger partial charge is 0.331 e. The van der Waals surface area contributed by atoms with Gasteiger partial charge in [0.2, 0.25) is 5.91 Å². The van der Waals surface area contributed by atoms with E-state index in [-0.39, 0.29) is 25.5 Å². The molecule has 1 saturated heterocycles. The average Bonchev–Trinajstić information content (AvgIpc) is 2.79. The van der Waals surface area contributed by atoms with Gasteiger partial charge in [-0.15, -0.1) is 0 Å². The monoisotopic (exact) mass is 250 g/mol. The molecular formula is C12H14N2O4. The van der Waals surface area contributed by atoms with Crippen molar-refractivity contribution in [3.8, 4) is 0 Å². The van der Waals surface area contributed by atoms with Gasteiger partial charge in [0.1, 0.15) is 6.61 Å². The summed E-state index contributed by atoms with van der Waals surface area (Å²) in [5.41, 5.74) is 3.33. The molecule has 6 nitrogen and oxygen atoms in total. The van der Waals surface area contributed by atoms with Crippen LogP contribution in [0.3, 0.4) is 0 Å². The average molecular weight is 250 g/mol. The summed E-state index contributed by atoms with van der Waals surface area (Å²) in [5.74, 6) is -0.754. The van der Waals surface area contributed by atoms with Gasteiger partial charge in [-0.1, -0.05) is 18.2 Å². The first-order chi connectivity index (χ1) is 8.72. The van der Waals surface area contributed by atoms with Crippen LogP contribution in [0.5, 0.6) is 0 Å². The molecule has 0 aliphatic carbocycles. The van der Waals surface area contributed by atoms with E-state index in [2.05, 4.69) is 5.43 Å². The van der Waals surface area contributed by atoms with Crippen molar-refractivity contribution in [2.24, 2.45) is 0 Å². The first-order valence-electron chi connectivity index (χ1n) is 5.63. The number of aliphatic hydroxyl groups excluding tert-OH is 1. The fraction of sp³-hybridized carbons (Fsp3) is 0.333. The van der Waals surface area contributed by atoms with Crippen molar-refractivity contribution in [3.05, 3.63) is 30.3 Å². The molecule has 0 saturated carbocycles. The predicted molar refractivity (Wildman–Crippen MR) is 63.5 cm³/mol. The molecule has 6 heteroatoms. The highest BCUT2D eigenvalue weighted by molar-refractivity contribution is 5.93. The largest absolute Gasteiger partial charge is 0.462 e. The third kappa shape index (κ3) is 2.60. The maximum absolute atomic E-state index is 11.8. The molecule has 1 aliphatic rings. The van der Waals surface area contributed by atoms with Gasteiger partial charge in [0.15, 0.2) is 6.04 Å². The SMILES string of the molecule is O=C1CC(C(=O)OCCO)N(c2ccccc2)N1. The van der Waals surface area contributed by atoms with Crippen molar-refractivity contribution in [1.29, 1.82) is 0 Å². The summed E-state index contributed by atoms with van der Waals surface area (Å²) >= 11 is 0. The van der Waals surface area contributed by atoms with E-state index in [1.807, 2.05) is 18.2 Å². The van der Waals surface area contributed by atoms with E-state index >= 15 is 0 Å². The Labute approximate surface area is 104 Å². The van der Waals surface area contributed by atoms with Crippen LogP contribution in [-0.2, 0) is 14.3 Å². The molecule has 1 heterocycles. The molecule has 0 spiro atoms. The summed E-state index contributed by atoms with van der Waals surface area (Å²) in [4.78, 5) is 23.2. The number of anilines is 1. The molecule has 96 valence electrons. The molecule has 1 unspecified atom stereocenters. The number of nitrogens with zero attached hydrogens (tertiary/aromatic N) is 1. The minimum absolute atomic E-state index is 0.0547. The quantitative estimate of drug-likeness (QED) is 0.725. The van der Waals surface area contributed by atoms with Crippen LogP contribution < -0.4 is 10.4 Å². The number of benzene rings is 1. The van der Waals surface area contributed by atoms with Crippen LogP contribution in [-0.4, -0.2) is 36.2 Å². The highest BCUT2D eigenvalue weighted by Crippen LogP contribution is 2.21. The number of rotatable bonds is 4. The van der Waals surface area contributed by atoms with Crippen LogP contribution in [0.2, 0.25) is 0 Å². The maximum atomic E-state index is 11.8. The predicted octanol–water partition coefficient (Wildman–Crippen LogP) is -0.168. The Morgan fingerprint density at radius 1 is 1.44 bits per heavy atom. The van der Waals surface area contributed by atoms with Crippen LogP contribution >= 0.6 is 0 Å². The first-order valence-corrected chi connectivity index (χ1v) is 5.63. The van der Waals surface area contributed by atoms with Crippen molar-refractivity contribution in [1.82, 2.24) is 5.43 Å². The number of para-hydroxylation sites is 1. The number of hydrogen-bond acceptors (Lipinski definition) is 5. The van der Waals surface area contributed by atoms with E-state index in [0.717, 1.165) is 0 Å². The number of carbonyl (C=O) groups is 2. The second-order valence-electron chi connectivity index (χ2n) is 3.85. The molecule has 0 bridgehead atoms. The fourth-order valence-corrected chi connectivity index (χ4v) is 1.79. The Kier molecular flexibility index (Phi) is 3.78. The number of carbonyl (C=O) groups excluding carboxylic acids is 2. The lowest BCUT2D eigenvalue weighted by Crippen LogP contribution is -2.43. The van der Waals surface area contributed by atoms with Crippen molar-refractivity contribution in [2.45, 2.75) is 12.5 Å². The minimum Gasteiger partial charge on any atom is -0.462 e. The molecule has 1 aromatic rings. The number of amides is 1. The van der Waals surface area contributed by atoms with E-state index in [4.69, 9.17) is 9.84 Å². The molecule has 18 heavy (non-hydrogen) atoms. The molecule has 2 rings (SSSR count). The van der Waals surface area contributed by atoms with Gasteiger partial charge in [-0.3, -0.25) is 15.2 Å². The van der Waals surface area contributed by atoms with E-state index in [0.29, 0.717) is 5.69 Å². The fourth-order valence-electron chi connectivity index (χ4n) is 1.79. The van der Waals surface area contributed by atoms with Crippen molar-refractivity contribution in [2.75, 3.05) is 18.2 Å². The van der Waals surface area contributed by atoms with Gasteiger partial charge < -0.3 is 9.84 Å². The molecule has 1 amide bonds. The van der Waals surface area contributed by atoms with Crippen LogP contribution in [0.25, 0.3) is 0 Å².